The molecule has 1 N–H and O–H groups in total. The summed E-state index contributed by atoms with van der Waals surface area (Å²) >= 11 is 0. The first-order valence-corrected chi connectivity index (χ1v) is 9.08. The normalized spacial score (nSPS) is 10.7. The Hall–Kier alpha value is -3.80. The van der Waals surface area contributed by atoms with Crippen molar-refractivity contribution in [2.45, 2.75) is 13.8 Å². The summed E-state index contributed by atoms with van der Waals surface area (Å²) in [6, 6.07) is 18.9. The number of halogens is 1. The van der Waals surface area contributed by atoms with Crippen molar-refractivity contribution in [2.75, 3.05) is 5.32 Å². The van der Waals surface area contributed by atoms with Crippen molar-refractivity contribution in [1.82, 2.24) is 10.2 Å². The minimum absolute atomic E-state index is 0.255. The highest BCUT2D eigenvalue weighted by molar-refractivity contribution is 6.04. The van der Waals surface area contributed by atoms with Crippen LogP contribution in [0.3, 0.4) is 0 Å². The quantitative estimate of drug-likeness (QED) is 0.508. The van der Waals surface area contributed by atoms with Crippen LogP contribution in [0.25, 0.3) is 22.6 Å². The van der Waals surface area contributed by atoms with Gasteiger partial charge in [-0.2, -0.15) is 0 Å². The molecule has 0 aliphatic heterocycles. The molecule has 0 saturated carbocycles. The van der Waals surface area contributed by atoms with E-state index in [0.29, 0.717) is 23.0 Å². The molecule has 0 saturated heterocycles. The summed E-state index contributed by atoms with van der Waals surface area (Å²) in [5.41, 5.74) is 4.97. The van der Waals surface area contributed by atoms with Crippen LogP contribution < -0.4 is 5.32 Å². The monoisotopic (exact) mass is 387 g/mol. The number of hydrogen-bond acceptors (Lipinski definition) is 4. The lowest BCUT2D eigenvalue weighted by molar-refractivity contribution is 0.102. The number of nitrogens with one attached hydrogen (secondary N) is 1. The lowest BCUT2D eigenvalue weighted by Crippen LogP contribution is -2.11. The van der Waals surface area contributed by atoms with Crippen LogP contribution in [0.1, 0.15) is 21.8 Å². The van der Waals surface area contributed by atoms with Crippen LogP contribution in [-0.4, -0.2) is 16.1 Å². The fraction of sp³-hybridized carbons (Fsp3) is 0.0870. The molecule has 1 aromatic heterocycles. The average molecular weight is 387 g/mol. The molecule has 3 aromatic carbocycles. The van der Waals surface area contributed by atoms with Crippen molar-refractivity contribution < 1.29 is 13.6 Å². The number of aryl methyl sites for hydroxylation is 2. The molecule has 144 valence electrons. The van der Waals surface area contributed by atoms with E-state index < -0.39 is 0 Å². The van der Waals surface area contributed by atoms with E-state index in [-0.39, 0.29) is 11.7 Å². The Morgan fingerprint density at radius 1 is 0.897 bits per heavy atom. The minimum Gasteiger partial charge on any atom is -0.421 e. The van der Waals surface area contributed by atoms with Crippen molar-refractivity contribution in [3.8, 4) is 22.6 Å². The third-order valence-electron chi connectivity index (χ3n) is 4.57. The van der Waals surface area contributed by atoms with E-state index >= 15 is 0 Å². The van der Waals surface area contributed by atoms with Gasteiger partial charge in [0.05, 0.1) is 0 Å². The van der Waals surface area contributed by atoms with Crippen LogP contribution in [0, 0.1) is 19.7 Å². The summed E-state index contributed by atoms with van der Waals surface area (Å²) in [6.45, 7) is 3.77. The Morgan fingerprint density at radius 2 is 1.59 bits per heavy atom. The number of rotatable bonds is 4. The fourth-order valence-electron chi connectivity index (χ4n) is 3.02. The molecule has 6 heteroatoms. The van der Waals surface area contributed by atoms with Gasteiger partial charge in [-0.3, -0.25) is 4.79 Å². The maximum atomic E-state index is 13.0. The Kier molecular flexibility index (Phi) is 4.91. The number of hydrogen-bond donors (Lipinski definition) is 1. The highest BCUT2D eigenvalue weighted by atomic mass is 19.1. The van der Waals surface area contributed by atoms with Gasteiger partial charge in [-0.15, -0.1) is 10.2 Å². The SMILES string of the molecule is Cc1nnc(-c2ccc(C)c(-c3ccc(C(=O)Nc4ccc(F)cc4)cc3)c2)o1. The molecular formula is C23H18FN3O2. The van der Waals surface area contributed by atoms with Gasteiger partial charge in [0.2, 0.25) is 11.8 Å². The molecule has 0 aliphatic carbocycles. The molecule has 0 fully saturated rings. The molecule has 1 amide bonds. The molecule has 0 spiro atoms. The zero-order valence-electron chi connectivity index (χ0n) is 15.9. The van der Waals surface area contributed by atoms with E-state index in [2.05, 4.69) is 15.5 Å². The second-order valence-corrected chi connectivity index (χ2v) is 6.69. The first-order chi connectivity index (χ1) is 14.0. The maximum absolute atomic E-state index is 13.0. The van der Waals surface area contributed by atoms with Crippen LogP contribution in [0.5, 0.6) is 0 Å². The smallest absolute Gasteiger partial charge is 0.255 e. The van der Waals surface area contributed by atoms with Gasteiger partial charge in [0.1, 0.15) is 5.82 Å². The predicted octanol–water partition coefficient (Wildman–Crippen LogP) is 5.41. The Morgan fingerprint density at radius 3 is 2.24 bits per heavy atom. The van der Waals surface area contributed by atoms with Gasteiger partial charge in [-0.1, -0.05) is 18.2 Å². The standard InChI is InChI=1S/C23H18FN3O2/c1-14-3-4-18(23-27-26-15(2)29-23)13-21(14)16-5-7-17(8-6-16)22(28)25-20-11-9-19(24)10-12-20/h3-13H,1-2H3,(H,25,28). The van der Waals surface area contributed by atoms with Crippen molar-refractivity contribution in [3.05, 3.63) is 89.6 Å². The first kappa shape index (κ1) is 18.6. The maximum Gasteiger partial charge on any atom is 0.255 e. The molecule has 0 unspecified atom stereocenters. The molecule has 4 aromatic rings. The second-order valence-electron chi connectivity index (χ2n) is 6.69. The number of anilines is 1. The lowest BCUT2D eigenvalue weighted by atomic mass is 9.97. The average Bonchev–Trinajstić information content (AvgIpc) is 3.16. The molecule has 1 heterocycles. The third-order valence-corrected chi connectivity index (χ3v) is 4.57. The van der Waals surface area contributed by atoms with E-state index in [4.69, 9.17) is 4.42 Å². The summed E-state index contributed by atoms with van der Waals surface area (Å²) < 4.78 is 18.5. The third kappa shape index (κ3) is 4.06. The van der Waals surface area contributed by atoms with Crippen molar-refractivity contribution in [1.29, 1.82) is 0 Å². The van der Waals surface area contributed by atoms with Crippen LogP contribution in [-0.2, 0) is 0 Å². The highest BCUT2D eigenvalue weighted by Gasteiger charge is 2.11. The summed E-state index contributed by atoms with van der Waals surface area (Å²) in [4.78, 5) is 12.4. The molecule has 0 radical (unpaired) electrons. The van der Waals surface area contributed by atoms with E-state index in [9.17, 15) is 9.18 Å². The van der Waals surface area contributed by atoms with Crippen molar-refractivity contribution >= 4 is 11.6 Å². The van der Waals surface area contributed by atoms with E-state index in [1.165, 1.54) is 24.3 Å². The van der Waals surface area contributed by atoms with Gasteiger partial charge in [0, 0.05) is 23.7 Å². The fourth-order valence-corrected chi connectivity index (χ4v) is 3.02. The molecular weight excluding hydrogens is 369 g/mol. The minimum atomic E-state index is -0.347. The molecule has 0 aliphatic rings. The van der Waals surface area contributed by atoms with Gasteiger partial charge in [0.25, 0.3) is 5.91 Å². The van der Waals surface area contributed by atoms with Crippen molar-refractivity contribution in [3.63, 3.8) is 0 Å². The van der Waals surface area contributed by atoms with E-state index in [1.807, 2.05) is 37.3 Å². The molecule has 0 bridgehead atoms. The predicted molar refractivity (Wildman–Crippen MR) is 109 cm³/mol. The molecule has 5 nitrogen and oxygen atoms in total. The van der Waals surface area contributed by atoms with E-state index in [1.54, 1.807) is 19.1 Å². The summed E-state index contributed by atoms with van der Waals surface area (Å²) in [6.07, 6.45) is 0. The second kappa shape index (κ2) is 7.67. The number of benzene rings is 3. The Labute approximate surface area is 167 Å². The van der Waals surface area contributed by atoms with Gasteiger partial charge in [-0.05, 0) is 72.1 Å². The largest absolute Gasteiger partial charge is 0.421 e. The lowest BCUT2D eigenvalue weighted by Gasteiger charge is -2.09. The first-order valence-electron chi connectivity index (χ1n) is 9.08. The zero-order valence-corrected chi connectivity index (χ0v) is 15.9. The molecule has 4 rings (SSSR count). The van der Waals surface area contributed by atoms with Crippen LogP contribution in [0.2, 0.25) is 0 Å². The number of carbonyl (C=O) groups excluding carboxylic acids is 1. The number of aromatic nitrogens is 2. The molecule has 29 heavy (non-hydrogen) atoms. The van der Waals surface area contributed by atoms with Crippen LogP contribution in [0.4, 0.5) is 10.1 Å². The Bertz CT molecular complexity index is 1170. The topological polar surface area (TPSA) is 68.0 Å². The number of amides is 1. The van der Waals surface area contributed by atoms with Gasteiger partial charge < -0.3 is 9.73 Å². The number of carbonyl (C=O) groups is 1. The van der Waals surface area contributed by atoms with Gasteiger partial charge in [0.15, 0.2) is 0 Å². The zero-order chi connectivity index (χ0) is 20.4. The highest BCUT2D eigenvalue weighted by Crippen LogP contribution is 2.29. The van der Waals surface area contributed by atoms with Crippen LogP contribution >= 0.6 is 0 Å². The summed E-state index contributed by atoms with van der Waals surface area (Å²) in [5.74, 6) is 0.383. The van der Waals surface area contributed by atoms with Crippen LogP contribution in [0.15, 0.2) is 71.1 Å². The molecule has 0 atom stereocenters. The van der Waals surface area contributed by atoms with Crippen molar-refractivity contribution in [2.24, 2.45) is 0 Å². The summed E-state index contributed by atoms with van der Waals surface area (Å²) in [7, 11) is 0. The van der Waals surface area contributed by atoms with Gasteiger partial charge in [-0.25, -0.2) is 4.39 Å². The van der Waals surface area contributed by atoms with E-state index in [0.717, 1.165) is 22.3 Å². The Balaban J connectivity index is 1.57. The summed E-state index contributed by atoms with van der Waals surface area (Å²) in [5, 5.41) is 10.7. The number of nitrogens with zero attached hydrogens (tertiary/aromatic N) is 2. The van der Waals surface area contributed by atoms with Gasteiger partial charge >= 0.3 is 0 Å².